The molecule has 1 amide bonds. The van der Waals surface area contributed by atoms with Crippen LogP contribution in [0.3, 0.4) is 0 Å². The Hall–Kier alpha value is -2.34. The number of rotatable bonds is 10. The first kappa shape index (κ1) is 22.0. The normalized spacial score (nSPS) is 12.4. The third-order valence-electron chi connectivity index (χ3n) is 5.09. The summed E-state index contributed by atoms with van der Waals surface area (Å²) < 4.78 is 11.1. The Morgan fingerprint density at radius 1 is 1.14 bits per heavy atom. The van der Waals surface area contributed by atoms with E-state index in [1.165, 1.54) is 11.8 Å². The minimum Gasteiger partial charge on any atom is -0.494 e. The van der Waals surface area contributed by atoms with Gasteiger partial charge in [0.25, 0.3) is 5.91 Å². The van der Waals surface area contributed by atoms with Crippen LogP contribution in [0.5, 0.6) is 5.75 Å². The molecule has 0 radical (unpaired) electrons. The van der Waals surface area contributed by atoms with Crippen LogP contribution >= 0.6 is 0 Å². The highest BCUT2D eigenvalue weighted by Crippen LogP contribution is 2.20. The number of nitrogens with zero attached hydrogens (tertiary/aromatic N) is 3. The number of benzene rings is 1. The lowest BCUT2D eigenvalue weighted by molar-refractivity contribution is 0.0796. The summed E-state index contributed by atoms with van der Waals surface area (Å²) in [5.41, 5.74) is 1.56. The lowest BCUT2D eigenvalue weighted by Gasteiger charge is -2.30. The fourth-order valence-electron chi connectivity index (χ4n) is 2.85. The van der Waals surface area contributed by atoms with E-state index in [-0.39, 0.29) is 5.91 Å². The van der Waals surface area contributed by atoms with Crippen molar-refractivity contribution >= 4 is 5.91 Å². The van der Waals surface area contributed by atoms with Gasteiger partial charge in [-0.3, -0.25) is 9.69 Å². The smallest absolute Gasteiger partial charge is 0.275 e. The Morgan fingerprint density at radius 3 is 2.39 bits per heavy atom. The Morgan fingerprint density at radius 2 is 1.82 bits per heavy atom. The third kappa shape index (κ3) is 5.83. The van der Waals surface area contributed by atoms with Crippen LogP contribution in [0, 0.1) is 5.92 Å². The zero-order valence-corrected chi connectivity index (χ0v) is 17.9. The van der Waals surface area contributed by atoms with Gasteiger partial charge in [0.15, 0.2) is 5.69 Å². The molecule has 0 spiro atoms. The first-order chi connectivity index (χ1) is 13.3. The number of carbonyl (C=O) groups excluding carboxylic acids is 1. The van der Waals surface area contributed by atoms with E-state index in [2.05, 4.69) is 42.8 Å². The summed E-state index contributed by atoms with van der Waals surface area (Å²) in [6, 6.07) is 8.51. The van der Waals surface area contributed by atoms with E-state index in [1.807, 2.05) is 26.0 Å². The molecule has 2 aromatic rings. The summed E-state index contributed by atoms with van der Waals surface area (Å²) in [5.74, 6) is 1.80. The summed E-state index contributed by atoms with van der Waals surface area (Å²) in [7, 11) is 1.76. The molecule has 0 saturated heterocycles. The monoisotopic (exact) mass is 387 g/mol. The topological polar surface area (TPSA) is 58.8 Å². The molecule has 0 aliphatic carbocycles. The van der Waals surface area contributed by atoms with Gasteiger partial charge in [-0.25, -0.2) is 4.98 Å². The van der Waals surface area contributed by atoms with Crippen molar-refractivity contribution in [2.75, 3.05) is 20.2 Å². The van der Waals surface area contributed by atoms with Crippen LogP contribution < -0.4 is 4.74 Å². The molecule has 1 atom stereocenters. The first-order valence-electron chi connectivity index (χ1n) is 10.0. The van der Waals surface area contributed by atoms with Crippen molar-refractivity contribution in [3.63, 3.8) is 0 Å². The minimum atomic E-state index is -0.118. The highest BCUT2D eigenvalue weighted by atomic mass is 16.5. The zero-order valence-electron chi connectivity index (χ0n) is 17.9. The quantitative estimate of drug-likeness (QED) is 0.611. The molecule has 6 heteroatoms. The highest BCUT2D eigenvalue weighted by molar-refractivity contribution is 5.91. The molecular weight excluding hydrogens is 354 g/mol. The molecule has 28 heavy (non-hydrogen) atoms. The molecule has 0 aliphatic rings. The Labute approximate surface area is 168 Å². The van der Waals surface area contributed by atoms with Crippen LogP contribution in [0.15, 0.2) is 34.9 Å². The standard InChI is InChI=1S/C22H33N3O3/c1-7-24(6)22(26)20-15-28-21(23-20)14-25(17(5)16(3)4)13-18-9-11-19(12-10-18)27-8-2/h9-12,15-17H,7-8,13-14H2,1-6H3/t17-/m1/s1. The number of ether oxygens (including phenoxy) is 1. The van der Waals surface area contributed by atoms with Crippen LogP contribution in [0.25, 0.3) is 0 Å². The molecule has 2 rings (SSSR count). The molecule has 0 bridgehead atoms. The van der Waals surface area contributed by atoms with Gasteiger partial charge in [0.1, 0.15) is 12.0 Å². The van der Waals surface area contributed by atoms with Crippen molar-refractivity contribution < 1.29 is 13.9 Å². The van der Waals surface area contributed by atoms with E-state index in [4.69, 9.17) is 9.15 Å². The van der Waals surface area contributed by atoms with Gasteiger partial charge in [0.2, 0.25) is 5.89 Å². The number of amides is 1. The van der Waals surface area contributed by atoms with Gasteiger partial charge in [-0.2, -0.15) is 0 Å². The Balaban J connectivity index is 2.13. The van der Waals surface area contributed by atoms with Crippen molar-refractivity contribution in [3.8, 4) is 5.75 Å². The van der Waals surface area contributed by atoms with E-state index in [9.17, 15) is 4.79 Å². The highest BCUT2D eigenvalue weighted by Gasteiger charge is 2.22. The van der Waals surface area contributed by atoms with Gasteiger partial charge in [0.05, 0.1) is 13.2 Å². The second-order valence-electron chi connectivity index (χ2n) is 7.41. The van der Waals surface area contributed by atoms with E-state index >= 15 is 0 Å². The maximum absolute atomic E-state index is 12.3. The van der Waals surface area contributed by atoms with Gasteiger partial charge in [0, 0.05) is 26.2 Å². The van der Waals surface area contributed by atoms with Gasteiger partial charge >= 0.3 is 0 Å². The maximum atomic E-state index is 12.3. The fourth-order valence-corrected chi connectivity index (χ4v) is 2.85. The van der Waals surface area contributed by atoms with Crippen LogP contribution in [-0.2, 0) is 13.1 Å². The molecule has 6 nitrogen and oxygen atoms in total. The van der Waals surface area contributed by atoms with Crippen LogP contribution in [0.4, 0.5) is 0 Å². The number of aromatic nitrogens is 1. The first-order valence-corrected chi connectivity index (χ1v) is 10.0. The average Bonchev–Trinajstić information content (AvgIpc) is 3.15. The molecule has 0 N–H and O–H groups in total. The summed E-state index contributed by atoms with van der Waals surface area (Å²) in [6.07, 6.45) is 1.46. The number of hydrogen-bond donors (Lipinski definition) is 0. The molecule has 0 saturated carbocycles. The molecule has 1 aromatic carbocycles. The van der Waals surface area contributed by atoms with E-state index in [0.717, 1.165) is 12.3 Å². The summed E-state index contributed by atoms with van der Waals surface area (Å²) in [5, 5.41) is 0. The lowest BCUT2D eigenvalue weighted by atomic mass is 10.0. The minimum absolute atomic E-state index is 0.118. The average molecular weight is 388 g/mol. The van der Waals surface area contributed by atoms with Gasteiger partial charge < -0.3 is 14.1 Å². The van der Waals surface area contributed by atoms with Crippen LogP contribution in [0.1, 0.15) is 56.6 Å². The van der Waals surface area contributed by atoms with Gasteiger partial charge in [-0.05, 0) is 44.4 Å². The van der Waals surface area contributed by atoms with Crippen LogP contribution in [0.2, 0.25) is 0 Å². The zero-order chi connectivity index (χ0) is 20.7. The number of oxazole rings is 1. The van der Waals surface area contributed by atoms with Crippen molar-refractivity contribution in [1.29, 1.82) is 0 Å². The van der Waals surface area contributed by atoms with Crippen LogP contribution in [-0.4, -0.2) is 46.9 Å². The van der Waals surface area contributed by atoms with Crippen molar-refractivity contribution in [2.45, 2.75) is 53.8 Å². The Kier molecular flexibility index (Phi) is 8.05. The molecule has 0 aliphatic heterocycles. The Bertz CT molecular complexity index is 740. The lowest BCUT2D eigenvalue weighted by Crippen LogP contribution is -2.36. The summed E-state index contributed by atoms with van der Waals surface area (Å²) in [6.45, 7) is 13.1. The van der Waals surface area contributed by atoms with Crippen molar-refractivity contribution in [3.05, 3.63) is 47.7 Å². The summed E-state index contributed by atoms with van der Waals surface area (Å²) in [4.78, 5) is 20.6. The molecule has 1 heterocycles. The van der Waals surface area contributed by atoms with E-state index in [1.54, 1.807) is 11.9 Å². The summed E-state index contributed by atoms with van der Waals surface area (Å²) >= 11 is 0. The van der Waals surface area contributed by atoms with E-state index < -0.39 is 0 Å². The fraction of sp³-hybridized carbons (Fsp3) is 0.545. The number of hydrogen-bond acceptors (Lipinski definition) is 5. The third-order valence-corrected chi connectivity index (χ3v) is 5.09. The molecule has 0 fully saturated rings. The second kappa shape index (κ2) is 10.3. The van der Waals surface area contributed by atoms with E-state index in [0.29, 0.717) is 43.2 Å². The molecular formula is C22H33N3O3. The van der Waals surface area contributed by atoms with Gasteiger partial charge in [-0.1, -0.05) is 26.0 Å². The molecule has 0 unspecified atom stereocenters. The SMILES string of the molecule is CCOc1ccc(CN(Cc2nc(C(=O)N(C)CC)co2)[C@H](C)C(C)C)cc1. The predicted molar refractivity (Wildman–Crippen MR) is 110 cm³/mol. The molecule has 154 valence electrons. The predicted octanol–water partition coefficient (Wildman–Crippen LogP) is 4.21. The second-order valence-corrected chi connectivity index (χ2v) is 7.41. The van der Waals surface area contributed by atoms with Crippen molar-refractivity contribution in [1.82, 2.24) is 14.8 Å². The number of carbonyl (C=O) groups is 1. The largest absolute Gasteiger partial charge is 0.494 e. The van der Waals surface area contributed by atoms with Gasteiger partial charge in [-0.15, -0.1) is 0 Å². The molecule has 1 aromatic heterocycles. The van der Waals surface area contributed by atoms with Crippen molar-refractivity contribution in [2.24, 2.45) is 5.92 Å². The maximum Gasteiger partial charge on any atom is 0.275 e.